The first kappa shape index (κ1) is 15.6. The van der Waals surface area contributed by atoms with Gasteiger partial charge in [-0.1, -0.05) is 0 Å². The molecule has 1 N–H and O–H groups in total. The Labute approximate surface area is 112 Å². The summed E-state index contributed by atoms with van der Waals surface area (Å²) in [6.07, 6.45) is 3.09. The fraction of sp³-hybridized carbons (Fsp3) is 0.600. The maximum Gasteiger partial charge on any atom is 0.304 e. The smallest absolute Gasteiger partial charge is 0.304 e. The van der Waals surface area contributed by atoms with Gasteiger partial charge in [-0.2, -0.15) is 22.1 Å². The van der Waals surface area contributed by atoms with Crippen molar-refractivity contribution in [1.29, 1.82) is 0 Å². The van der Waals surface area contributed by atoms with Crippen LogP contribution in [-0.4, -0.2) is 58.5 Å². The maximum atomic E-state index is 12.1. The van der Waals surface area contributed by atoms with E-state index in [1.165, 1.54) is 14.1 Å². The third-order valence-corrected chi connectivity index (χ3v) is 4.48. The molecule has 0 spiro atoms. The Balaban J connectivity index is 2.67. The lowest BCUT2D eigenvalue weighted by atomic mass is 10.4. The Bertz CT molecular complexity index is 539. The lowest BCUT2D eigenvalue weighted by molar-refractivity contribution is -0.137. The van der Waals surface area contributed by atoms with Crippen molar-refractivity contribution in [1.82, 2.24) is 18.4 Å². The highest BCUT2D eigenvalue weighted by Crippen LogP contribution is 2.09. The monoisotopic (exact) mass is 290 g/mol. The molecule has 0 aliphatic heterocycles. The van der Waals surface area contributed by atoms with Crippen molar-refractivity contribution >= 4 is 16.2 Å². The molecule has 0 unspecified atom stereocenters. The van der Waals surface area contributed by atoms with E-state index in [9.17, 15) is 13.2 Å². The van der Waals surface area contributed by atoms with Gasteiger partial charge < -0.3 is 5.11 Å². The normalized spacial score (nSPS) is 12.3. The van der Waals surface area contributed by atoms with E-state index in [0.717, 1.165) is 14.2 Å². The second kappa shape index (κ2) is 6.13. The minimum absolute atomic E-state index is 0.0605. The van der Waals surface area contributed by atoms with E-state index in [4.69, 9.17) is 5.11 Å². The number of aliphatic carboxylic acids is 1. The summed E-state index contributed by atoms with van der Waals surface area (Å²) in [5.41, 5.74) is 0.764. The number of carboxylic acids is 1. The molecule has 0 radical (unpaired) electrons. The standard InChI is InChI=1S/C10H18N4O4S/c1-12-7-9(6-11-12)8-14(3)19(17,18)13(2)5-4-10(15)16/h6-7H,4-5,8H2,1-3H3,(H,15,16). The molecule has 1 rings (SSSR count). The molecule has 0 aromatic carbocycles. The van der Waals surface area contributed by atoms with Gasteiger partial charge in [0.05, 0.1) is 12.6 Å². The van der Waals surface area contributed by atoms with Gasteiger partial charge in [-0.05, 0) is 0 Å². The molecule has 8 nitrogen and oxygen atoms in total. The summed E-state index contributed by atoms with van der Waals surface area (Å²) < 4.78 is 27.9. The van der Waals surface area contributed by atoms with Crippen LogP contribution in [0.25, 0.3) is 0 Å². The lowest BCUT2D eigenvalue weighted by Crippen LogP contribution is -2.40. The van der Waals surface area contributed by atoms with Crippen molar-refractivity contribution in [3.63, 3.8) is 0 Å². The number of carboxylic acid groups (broad SMARTS) is 1. The molecule has 0 fully saturated rings. The van der Waals surface area contributed by atoms with Crippen LogP contribution in [0, 0.1) is 0 Å². The van der Waals surface area contributed by atoms with Crippen LogP contribution in [0.2, 0.25) is 0 Å². The lowest BCUT2D eigenvalue weighted by Gasteiger charge is -2.23. The molecule has 0 saturated carbocycles. The molecule has 108 valence electrons. The average molecular weight is 290 g/mol. The molecule has 1 heterocycles. The fourth-order valence-corrected chi connectivity index (χ4v) is 2.61. The van der Waals surface area contributed by atoms with E-state index in [2.05, 4.69) is 5.10 Å². The highest BCUT2D eigenvalue weighted by atomic mass is 32.2. The Morgan fingerprint density at radius 1 is 1.42 bits per heavy atom. The second-order valence-electron chi connectivity index (χ2n) is 4.25. The molecule has 0 aliphatic rings. The first-order valence-electron chi connectivity index (χ1n) is 5.60. The average Bonchev–Trinajstić information content (AvgIpc) is 2.71. The predicted octanol–water partition coefficient (Wildman–Crippen LogP) is -0.497. The van der Waals surface area contributed by atoms with Crippen molar-refractivity contribution < 1.29 is 18.3 Å². The SMILES string of the molecule is CN(CCC(=O)O)S(=O)(=O)N(C)Cc1cnn(C)c1. The summed E-state index contributed by atoms with van der Waals surface area (Å²) >= 11 is 0. The van der Waals surface area contributed by atoms with Crippen LogP contribution in [0.1, 0.15) is 12.0 Å². The van der Waals surface area contributed by atoms with E-state index in [0.29, 0.717) is 0 Å². The number of carbonyl (C=O) groups is 1. The molecule has 1 aromatic heterocycles. The largest absolute Gasteiger partial charge is 0.481 e. The molecule has 19 heavy (non-hydrogen) atoms. The first-order valence-corrected chi connectivity index (χ1v) is 7.00. The van der Waals surface area contributed by atoms with E-state index in [-0.39, 0.29) is 19.5 Å². The summed E-state index contributed by atoms with van der Waals surface area (Å²) in [6, 6.07) is 0. The predicted molar refractivity (Wildman–Crippen MR) is 68.5 cm³/mol. The third-order valence-electron chi connectivity index (χ3n) is 2.59. The van der Waals surface area contributed by atoms with Crippen molar-refractivity contribution in [3.05, 3.63) is 18.0 Å². The Morgan fingerprint density at radius 2 is 2.05 bits per heavy atom. The van der Waals surface area contributed by atoms with Gasteiger partial charge in [0.2, 0.25) is 0 Å². The zero-order valence-electron chi connectivity index (χ0n) is 11.1. The molecule has 0 aliphatic carbocycles. The summed E-state index contributed by atoms with van der Waals surface area (Å²) in [6.45, 7) is 0.128. The number of hydrogen-bond donors (Lipinski definition) is 1. The van der Waals surface area contributed by atoms with Crippen molar-refractivity contribution in [3.8, 4) is 0 Å². The van der Waals surface area contributed by atoms with Crippen molar-refractivity contribution in [2.75, 3.05) is 20.6 Å². The van der Waals surface area contributed by atoms with Crippen LogP contribution < -0.4 is 0 Å². The number of aryl methyl sites for hydroxylation is 1. The minimum atomic E-state index is -3.66. The van der Waals surface area contributed by atoms with E-state index in [1.54, 1.807) is 24.1 Å². The summed E-state index contributed by atoms with van der Waals surface area (Å²) in [7, 11) is 0.893. The maximum absolute atomic E-state index is 12.1. The molecular weight excluding hydrogens is 272 g/mol. The fourth-order valence-electron chi connectivity index (χ4n) is 1.50. The topological polar surface area (TPSA) is 95.7 Å². The quantitative estimate of drug-likeness (QED) is 0.730. The van der Waals surface area contributed by atoms with Crippen LogP contribution in [0.4, 0.5) is 0 Å². The molecule has 0 atom stereocenters. The van der Waals surface area contributed by atoms with Gasteiger partial charge in [-0.25, -0.2) is 0 Å². The van der Waals surface area contributed by atoms with Gasteiger partial charge in [0.25, 0.3) is 10.2 Å². The van der Waals surface area contributed by atoms with Gasteiger partial charge in [0, 0.05) is 46.0 Å². The Hall–Kier alpha value is -1.45. The minimum Gasteiger partial charge on any atom is -0.481 e. The van der Waals surface area contributed by atoms with Crippen molar-refractivity contribution in [2.45, 2.75) is 13.0 Å². The van der Waals surface area contributed by atoms with Gasteiger partial charge in [-0.3, -0.25) is 9.48 Å². The van der Waals surface area contributed by atoms with Crippen LogP contribution in [0.15, 0.2) is 12.4 Å². The molecule has 9 heteroatoms. The summed E-state index contributed by atoms with van der Waals surface area (Å²) in [5.74, 6) is -1.03. The van der Waals surface area contributed by atoms with E-state index in [1.807, 2.05) is 0 Å². The van der Waals surface area contributed by atoms with Gasteiger partial charge in [0.1, 0.15) is 0 Å². The zero-order chi connectivity index (χ0) is 14.6. The number of aromatic nitrogens is 2. The van der Waals surface area contributed by atoms with Crippen LogP contribution in [0.5, 0.6) is 0 Å². The Kier molecular flexibility index (Phi) is 5.04. The Morgan fingerprint density at radius 3 is 2.53 bits per heavy atom. The number of rotatable bonds is 7. The summed E-state index contributed by atoms with van der Waals surface area (Å²) in [5, 5.41) is 12.5. The molecule has 1 aromatic rings. The number of nitrogens with zero attached hydrogens (tertiary/aromatic N) is 4. The second-order valence-corrected chi connectivity index (χ2v) is 6.39. The first-order chi connectivity index (χ1) is 8.73. The van der Waals surface area contributed by atoms with Crippen LogP contribution in [0.3, 0.4) is 0 Å². The molecular formula is C10H18N4O4S. The summed E-state index contributed by atoms with van der Waals surface area (Å²) in [4.78, 5) is 10.4. The van der Waals surface area contributed by atoms with E-state index >= 15 is 0 Å². The molecule has 0 amide bonds. The van der Waals surface area contributed by atoms with Crippen LogP contribution in [-0.2, 0) is 28.6 Å². The van der Waals surface area contributed by atoms with E-state index < -0.39 is 16.2 Å². The molecule has 0 bridgehead atoms. The van der Waals surface area contributed by atoms with Gasteiger partial charge in [0.15, 0.2) is 0 Å². The number of hydrogen-bond acceptors (Lipinski definition) is 4. The highest BCUT2D eigenvalue weighted by molar-refractivity contribution is 7.86. The van der Waals surface area contributed by atoms with Gasteiger partial charge >= 0.3 is 5.97 Å². The van der Waals surface area contributed by atoms with Gasteiger partial charge in [-0.15, -0.1) is 0 Å². The van der Waals surface area contributed by atoms with Crippen LogP contribution >= 0.6 is 0 Å². The third kappa shape index (κ3) is 4.30. The highest BCUT2D eigenvalue weighted by Gasteiger charge is 2.24. The molecule has 0 saturated heterocycles. The van der Waals surface area contributed by atoms with Crippen molar-refractivity contribution in [2.24, 2.45) is 7.05 Å². The zero-order valence-corrected chi connectivity index (χ0v) is 12.0.